The number of fused-ring (bicyclic) bond motifs is 1. The van der Waals surface area contributed by atoms with E-state index in [9.17, 15) is 0 Å². The van der Waals surface area contributed by atoms with Gasteiger partial charge in [-0.15, -0.1) is 0 Å². The quantitative estimate of drug-likeness (QED) is 0.769. The van der Waals surface area contributed by atoms with Crippen LogP contribution in [0, 0.1) is 0 Å². The molecule has 74 valence electrons. The van der Waals surface area contributed by atoms with Gasteiger partial charge in [-0.2, -0.15) is 0 Å². The molecule has 1 heterocycles. The average molecular weight is 189 g/mol. The second kappa shape index (κ2) is 3.72. The number of aromatic nitrogens is 1. The van der Waals surface area contributed by atoms with Crippen LogP contribution in [0.15, 0.2) is 30.5 Å². The minimum atomic E-state index is 0.680. The van der Waals surface area contributed by atoms with Crippen molar-refractivity contribution in [2.75, 3.05) is 25.0 Å². The van der Waals surface area contributed by atoms with Crippen LogP contribution >= 0.6 is 0 Å². The zero-order chi connectivity index (χ0) is 9.97. The number of anilines is 1. The smallest absolute Gasteiger partial charge is 0.0474 e. The summed E-state index contributed by atoms with van der Waals surface area (Å²) < 4.78 is 0. The van der Waals surface area contributed by atoms with Crippen LogP contribution in [0.25, 0.3) is 10.9 Å². The van der Waals surface area contributed by atoms with E-state index in [1.54, 1.807) is 0 Å². The maximum absolute atomic E-state index is 5.51. The van der Waals surface area contributed by atoms with Crippen LogP contribution in [-0.4, -0.2) is 25.1 Å². The van der Waals surface area contributed by atoms with Crippen molar-refractivity contribution >= 4 is 16.6 Å². The van der Waals surface area contributed by atoms with E-state index >= 15 is 0 Å². The number of nitrogens with zero attached hydrogens (tertiary/aromatic N) is 1. The molecule has 3 N–H and O–H groups in total. The highest BCUT2D eigenvalue weighted by atomic mass is 15.1. The van der Waals surface area contributed by atoms with Crippen molar-refractivity contribution in [2.45, 2.75) is 0 Å². The van der Waals surface area contributed by atoms with Gasteiger partial charge in [-0.3, -0.25) is 0 Å². The number of hydrogen-bond acceptors (Lipinski definition) is 2. The number of nitrogens with two attached hydrogens (primary N) is 1. The van der Waals surface area contributed by atoms with Gasteiger partial charge < -0.3 is 15.6 Å². The van der Waals surface area contributed by atoms with Gasteiger partial charge in [0.05, 0.1) is 0 Å². The number of benzene rings is 1. The molecular formula is C11H15N3. The van der Waals surface area contributed by atoms with Crippen LogP contribution in [0.1, 0.15) is 0 Å². The molecule has 0 spiro atoms. The van der Waals surface area contributed by atoms with Crippen LogP contribution in [0.2, 0.25) is 0 Å². The number of aromatic amines is 1. The van der Waals surface area contributed by atoms with Crippen LogP contribution in [0.3, 0.4) is 0 Å². The number of rotatable bonds is 3. The Bertz CT molecular complexity index is 419. The molecule has 0 unspecified atom stereocenters. The van der Waals surface area contributed by atoms with Gasteiger partial charge in [0.1, 0.15) is 0 Å². The van der Waals surface area contributed by atoms with E-state index in [0.717, 1.165) is 6.54 Å². The molecular weight excluding hydrogens is 174 g/mol. The summed E-state index contributed by atoms with van der Waals surface area (Å²) in [4.78, 5) is 5.35. The van der Waals surface area contributed by atoms with E-state index in [1.807, 2.05) is 6.20 Å². The number of hydrogen-bond donors (Lipinski definition) is 2. The van der Waals surface area contributed by atoms with Gasteiger partial charge in [0.2, 0.25) is 0 Å². The molecule has 0 bridgehead atoms. The summed E-state index contributed by atoms with van der Waals surface area (Å²) in [6, 6.07) is 8.45. The van der Waals surface area contributed by atoms with E-state index in [1.165, 1.54) is 16.6 Å². The molecule has 1 aromatic carbocycles. The van der Waals surface area contributed by atoms with Gasteiger partial charge in [-0.05, 0) is 23.6 Å². The predicted octanol–water partition coefficient (Wildman–Crippen LogP) is 1.56. The Kier molecular flexibility index (Phi) is 2.41. The Morgan fingerprint density at radius 1 is 1.36 bits per heavy atom. The fourth-order valence-electron chi connectivity index (χ4n) is 1.60. The minimum absolute atomic E-state index is 0.680. The van der Waals surface area contributed by atoms with Crippen molar-refractivity contribution in [1.82, 2.24) is 4.98 Å². The molecule has 0 saturated heterocycles. The van der Waals surface area contributed by atoms with Crippen LogP contribution in [0.4, 0.5) is 5.69 Å². The summed E-state index contributed by atoms with van der Waals surface area (Å²) in [7, 11) is 2.05. The van der Waals surface area contributed by atoms with Gasteiger partial charge in [-0.1, -0.05) is 6.07 Å². The maximum atomic E-state index is 5.51. The van der Waals surface area contributed by atoms with Crippen molar-refractivity contribution in [2.24, 2.45) is 5.73 Å². The Morgan fingerprint density at radius 2 is 2.21 bits per heavy atom. The second-order valence-electron chi connectivity index (χ2n) is 3.46. The lowest BCUT2D eigenvalue weighted by Crippen LogP contribution is -2.24. The van der Waals surface area contributed by atoms with Crippen molar-refractivity contribution < 1.29 is 0 Å². The first-order chi connectivity index (χ1) is 6.81. The monoisotopic (exact) mass is 189 g/mol. The Morgan fingerprint density at radius 3 is 3.00 bits per heavy atom. The lowest BCUT2D eigenvalue weighted by molar-refractivity contribution is 0.886. The lowest BCUT2D eigenvalue weighted by atomic mass is 10.2. The van der Waals surface area contributed by atoms with E-state index < -0.39 is 0 Å². The number of likely N-dealkylation sites (N-methyl/N-ethyl adjacent to an activating group) is 1. The summed E-state index contributed by atoms with van der Waals surface area (Å²) in [5, 5.41) is 1.25. The summed E-state index contributed by atoms with van der Waals surface area (Å²) in [5.74, 6) is 0. The summed E-state index contributed by atoms with van der Waals surface area (Å²) >= 11 is 0. The summed E-state index contributed by atoms with van der Waals surface area (Å²) in [5.41, 5.74) is 7.88. The first kappa shape index (κ1) is 9.09. The molecule has 2 rings (SSSR count). The molecule has 3 heteroatoms. The molecule has 0 aliphatic rings. The van der Waals surface area contributed by atoms with E-state index in [0.29, 0.717) is 6.54 Å². The zero-order valence-electron chi connectivity index (χ0n) is 8.33. The molecule has 14 heavy (non-hydrogen) atoms. The molecule has 3 nitrogen and oxygen atoms in total. The van der Waals surface area contributed by atoms with E-state index in [-0.39, 0.29) is 0 Å². The number of nitrogens with one attached hydrogen (secondary N) is 1. The Balaban J connectivity index is 2.33. The largest absolute Gasteiger partial charge is 0.373 e. The molecule has 0 atom stereocenters. The Hall–Kier alpha value is -1.48. The van der Waals surface area contributed by atoms with Gasteiger partial charge in [-0.25, -0.2) is 0 Å². The highest BCUT2D eigenvalue weighted by Crippen LogP contribution is 2.19. The third kappa shape index (κ3) is 1.59. The van der Waals surface area contributed by atoms with Gasteiger partial charge in [0.15, 0.2) is 0 Å². The molecule has 0 aliphatic carbocycles. The lowest BCUT2D eigenvalue weighted by Gasteiger charge is -2.17. The van der Waals surface area contributed by atoms with Crippen molar-refractivity contribution in [3.05, 3.63) is 30.5 Å². The predicted molar refractivity (Wildman–Crippen MR) is 60.6 cm³/mol. The molecule has 0 amide bonds. The van der Waals surface area contributed by atoms with Gasteiger partial charge in [0, 0.05) is 37.5 Å². The van der Waals surface area contributed by atoms with Crippen molar-refractivity contribution in [1.29, 1.82) is 0 Å². The Labute approximate surface area is 83.5 Å². The van der Waals surface area contributed by atoms with Crippen molar-refractivity contribution in [3.8, 4) is 0 Å². The summed E-state index contributed by atoms with van der Waals surface area (Å²) in [6.45, 7) is 1.56. The zero-order valence-corrected chi connectivity index (χ0v) is 8.33. The SMILES string of the molecule is CN(CCN)c1ccc2cc[nH]c2c1. The maximum Gasteiger partial charge on any atom is 0.0474 e. The normalized spacial score (nSPS) is 10.7. The number of H-pyrrole nitrogens is 1. The standard InChI is InChI=1S/C11H15N3/c1-14(7-5-12)10-3-2-9-4-6-13-11(9)8-10/h2-4,6,8,13H,5,7,12H2,1H3. The second-order valence-corrected chi connectivity index (χ2v) is 3.46. The van der Waals surface area contributed by atoms with Crippen LogP contribution < -0.4 is 10.6 Å². The molecule has 0 radical (unpaired) electrons. The average Bonchev–Trinajstić information content (AvgIpc) is 2.64. The van der Waals surface area contributed by atoms with E-state index in [2.05, 4.69) is 41.2 Å². The van der Waals surface area contributed by atoms with Gasteiger partial charge >= 0.3 is 0 Å². The topological polar surface area (TPSA) is 45.0 Å². The highest BCUT2D eigenvalue weighted by Gasteiger charge is 2.01. The van der Waals surface area contributed by atoms with Crippen LogP contribution in [0.5, 0.6) is 0 Å². The molecule has 2 aromatic rings. The molecule has 0 saturated carbocycles. The first-order valence-corrected chi connectivity index (χ1v) is 4.79. The fourth-order valence-corrected chi connectivity index (χ4v) is 1.60. The van der Waals surface area contributed by atoms with E-state index in [4.69, 9.17) is 5.73 Å². The molecule has 1 aromatic heterocycles. The third-order valence-electron chi connectivity index (χ3n) is 2.44. The highest BCUT2D eigenvalue weighted by molar-refractivity contribution is 5.82. The van der Waals surface area contributed by atoms with Crippen LogP contribution in [-0.2, 0) is 0 Å². The van der Waals surface area contributed by atoms with Crippen molar-refractivity contribution in [3.63, 3.8) is 0 Å². The fraction of sp³-hybridized carbons (Fsp3) is 0.273. The molecule has 0 aliphatic heterocycles. The van der Waals surface area contributed by atoms with Gasteiger partial charge in [0.25, 0.3) is 0 Å². The minimum Gasteiger partial charge on any atom is -0.373 e. The first-order valence-electron chi connectivity index (χ1n) is 4.79. The molecule has 0 fully saturated rings. The third-order valence-corrected chi connectivity index (χ3v) is 2.44. The summed E-state index contributed by atoms with van der Waals surface area (Å²) in [6.07, 6.45) is 1.96.